The van der Waals surface area contributed by atoms with E-state index in [-0.39, 0.29) is 5.91 Å². The standard InChI is InChI=1S/C5H7N4O/c1-4-7-6-3-9(4)8-5(2)10/h1-2H3,(H,8,10). The van der Waals surface area contributed by atoms with Crippen LogP contribution in [-0.4, -0.2) is 20.8 Å². The van der Waals surface area contributed by atoms with Crippen LogP contribution >= 0.6 is 0 Å². The van der Waals surface area contributed by atoms with Gasteiger partial charge in [-0.2, -0.15) is 0 Å². The molecule has 1 aromatic rings. The van der Waals surface area contributed by atoms with Crippen molar-refractivity contribution in [3.05, 3.63) is 12.2 Å². The van der Waals surface area contributed by atoms with E-state index in [1.54, 1.807) is 6.92 Å². The van der Waals surface area contributed by atoms with Crippen molar-refractivity contribution in [3.8, 4) is 0 Å². The molecule has 0 spiro atoms. The van der Waals surface area contributed by atoms with E-state index in [4.69, 9.17) is 0 Å². The van der Waals surface area contributed by atoms with Gasteiger partial charge in [0.15, 0.2) is 0 Å². The number of hydrogen-bond acceptors (Lipinski definition) is 3. The van der Waals surface area contributed by atoms with Gasteiger partial charge in [0.2, 0.25) is 12.2 Å². The van der Waals surface area contributed by atoms with Crippen LogP contribution in [0, 0.1) is 13.3 Å². The molecule has 10 heavy (non-hydrogen) atoms. The molecule has 5 heteroatoms. The predicted molar refractivity (Wildman–Crippen MR) is 33.6 cm³/mol. The Morgan fingerprint density at radius 3 is 2.90 bits per heavy atom. The van der Waals surface area contributed by atoms with Crippen LogP contribution in [-0.2, 0) is 4.79 Å². The first-order valence-electron chi connectivity index (χ1n) is 2.77. The molecule has 1 radical (unpaired) electrons. The summed E-state index contributed by atoms with van der Waals surface area (Å²) in [6.45, 7) is 3.13. The predicted octanol–water partition coefficient (Wildman–Crippen LogP) is -0.523. The molecule has 5 nitrogen and oxygen atoms in total. The molecule has 1 aromatic heterocycles. The smallest absolute Gasteiger partial charge is 0.235 e. The van der Waals surface area contributed by atoms with Gasteiger partial charge in [0.1, 0.15) is 5.82 Å². The maximum absolute atomic E-state index is 10.5. The fourth-order valence-corrected chi connectivity index (χ4v) is 0.520. The fourth-order valence-electron chi connectivity index (χ4n) is 0.520. The normalized spacial score (nSPS) is 9.40. The molecule has 53 valence electrons. The van der Waals surface area contributed by atoms with Crippen LogP contribution < -0.4 is 5.43 Å². The second kappa shape index (κ2) is 2.47. The summed E-state index contributed by atoms with van der Waals surface area (Å²) in [5.41, 5.74) is 2.45. The minimum absolute atomic E-state index is 0.167. The van der Waals surface area contributed by atoms with Gasteiger partial charge in [0, 0.05) is 6.92 Å². The summed E-state index contributed by atoms with van der Waals surface area (Å²) in [5, 5.41) is 7.06. The van der Waals surface area contributed by atoms with Crippen molar-refractivity contribution in [2.24, 2.45) is 0 Å². The van der Waals surface area contributed by atoms with E-state index >= 15 is 0 Å². The molecule has 1 rings (SSSR count). The summed E-state index contributed by atoms with van der Waals surface area (Å²) in [5.74, 6) is 0.439. The van der Waals surface area contributed by atoms with Gasteiger partial charge in [-0.25, -0.2) is 4.68 Å². The molecule has 0 saturated heterocycles. The van der Waals surface area contributed by atoms with E-state index in [2.05, 4.69) is 22.0 Å². The van der Waals surface area contributed by atoms with Crippen molar-refractivity contribution >= 4 is 5.91 Å². The third kappa shape index (κ3) is 1.31. The molecule has 0 aliphatic heterocycles. The Hall–Kier alpha value is -1.39. The molecule has 0 aliphatic rings. The minimum Gasteiger partial charge on any atom is -0.274 e. The summed E-state index contributed by atoms with van der Waals surface area (Å²) >= 11 is 0. The monoisotopic (exact) mass is 139 g/mol. The molecular formula is C5H7N4O. The average molecular weight is 139 g/mol. The van der Waals surface area contributed by atoms with Crippen molar-refractivity contribution in [2.75, 3.05) is 5.43 Å². The van der Waals surface area contributed by atoms with Crippen LogP contribution in [0.15, 0.2) is 0 Å². The molecule has 0 bridgehead atoms. The van der Waals surface area contributed by atoms with Crippen LogP contribution in [0.1, 0.15) is 12.7 Å². The Bertz CT molecular complexity index is 242. The SMILES string of the molecule is CC(=O)Nn1[c]nnc1C. The first-order valence-corrected chi connectivity index (χ1v) is 2.77. The van der Waals surface area contributed by atoms with Crippen molar-refractivity contribution in [2.45, 2.75) is 13.8 Å². The van der Waals surface area contributed by atoms with Crippen molar-refractivity contribution in [3.63, 3.8) is 0 Å². The van der Waals surface area contributed by atoms with Crippen LogP contribution in [0.4, 0.5) is 0 Å². The number of hydrogen-bond donors (Lipinski definition) is 1. The number of carbonyl (C=O) groups is 1. The average Bonchev–Trinajstić information content (AvgIpc) is 2.15. The number of nitrogens with zero attached hydrogens (tertiary/aromatic N) is 3. The molecule has 0 fully saturated rings. The number of rotatable bonds is 1. The molecule has 0 aliphatic carbocycles. The lowest BCUT2D eigenvalue weighted by Crippen LogP contribution is -2.20. The molecule has 1 heterocycles. The number of nitrogens with one attached hydrogen (secondary N) is 1. The van der Waals surface area contributed by atoms with E-state index in [1.807, 2.05) is 0 Å². The van der Waals surface area contributed by atoms with Crippen LogP contribution in [0.25, 0.3) is 0 Å². The van der Waals surface area contributed by atoms with Gasteiger partial charge in [-0.05, 0) is 6.92 Å². The Morgan fingerprint density at radius 1 is 1.80 bits per heavy atom. The first-order chi connectivity index (χ1) is 4.70. The van der Waals surface area contributed by atoms with Gasteiger partial charge in [-0.3, -0.25) is 10.2 Å². The van der Waals surface area contributed by atoms with Crippen LogP contribution in [0.3, 0.4) is 0 Å². The summed E-state index contributed by atoms with van der Waals surface area (Å²) in [6, 6.07) is 0. The van der Waals surface area contributed by atoms with E-state index in [0.29, 0.717) is 5.82 Å². The highest BCUT2D eigenvalue weighted by Gasteiger charge is 1.97. The minimum atomic E-state index is -0.167. The van der Waals surface area contributed by atoms with Gasteiger partial charge in [0.05, 0.1) is 0 Å². The summed E-state index contributed by atoms with van der Waals surface area (Å²) < 4.78 is 1.34. The molecule has 1 N–H and O–H groups in total. The van der Waals surface area contributed by atoms with Crippen molar-refractivity contribution < 1.29 is 4.79 Å². The zero-order valence-corrected chi connectivity index (χ0v) is 5.75. The highest BCUT2D eigenvalue weighted by molar-refractivity contribution is 5.80. The lowest BCUT2D eigenvalue weighted by molar-refractivity contribution is -0.115. The summed E-state index contributed by atoms with van der Waals surface area (Å²) in [4.78, 5) is 10.5. The zero-order chi connectivity index (χ0) is 7.56. The van der Waals surface area contributed by atoms with Crippen molar-refractivity contribution in [1.29, 1.82) is 0 Å². The van der Waals surface area contributed by atoms with Crippen molar-refractivity contribution in [1.82, 2.24) is 14.9 Å². The molecule has 0 saturated carbocycles. The number of aryl methyl sites for hydroxylation is 1. The van der Waals surface area contributed by atoms with Gasteiger partial charge in [-0.15, -0.1) is 10.2 Å². The Labute approximate surface area is 58.0 Å². The third-order valence-corrected chi connectivity index (χ3v) is 0.932. The second-order valence-electron chi connectivity index (χ2n) is 1.85. The Kier molecular flexibility index (Phi) is 1.66. The first kappa shape index (κ1) is 6.73. The van der Waals surface area contributed by atoms with Gasteiger partial charge in [-0.1, -0.05) is 0 Å². The second-order valence-corrected chi connectivity index (χ2v) is 1.85. The van der Waals surface area contributed by atoms with E-state index in [0.717, 1.165) is 0 Å². The van der Waals surface area contributed by atoms with Crippen LogP contribution in [0.5, 0.6) is 0 Å². The molecule has 0 aromatic carbocycles. The Balaban J connectivity index is 2.74. The van der Waals surface area contributed by atoms with Gasteiger partial charge < -0.3 is 0 Å². The lowest BCUT2D eigenvalue weighted by atomic mass is 10.7. The lowest BCUT2D eigenvalue weighted by Gasteiger charge is -2.00. The van der Waals surface area contributed by atoms with E-state index < -0.39 is 0 Å². The van der Waals surface area contributed by atoms with E-state index in [9.17, 15) is 4.79 Å². The quantitative estimate of drug-likeness (QED) is 0.569. The van der Waals surface area contributed by atoms with Gasteiger partial charge >= 0.3 is 0 Å². The summed E-state index contributed by atoms with van der Waals surface area (Å²) in [6.07, 6.45) is 2.46. The third-order valence-electron chi connectivity index (χ3n) is 0.932. The highest BCUT2D eigenvalue weighted by Crippen LogP contribution is 1.85. The topological polar surface area (TPSA) is 59.8 Å². The molecule has 1 amide bonds. The van der Waals surface area contributed by atoms with E-state index in [1.165, 1.54) is 11.6 Å². The van der Waals surface area contributed by atoms with Gasteiger partial charge in [0.25, 0.3) is 0 Å². The largest absolute Gasteiger partial charge is 0.274 e. The zero-order valence-electron chi connectivity index (χ0n) is 5.75. The maximum Gasteiger partial charge on any atom is 0.235 e. The fraction of sp³-hybridized carbons (Fsp3) is 0.400. The summed E-state index contributed by atoms with van der Waals surface area (Å²) in [7, 11) is 0. The Morgan fingerprint density at radius 2 is 2.50 bits per heavy atom. The van der Waals surface area contributed by atoms with Crippen LogP contribution in [0.2, 0.25) is 0 Å². The number of amides is 1. The molecular weight excluding hydrogens is 132 g/mol. The molecule has 0 unspecified atom stereocenters. The highest BCUT2D eigenvalue weighted by atomic mass is 16.2. The molecule has 0 atom stereocenters. The number of carbonyl (C=O) groups excluding carboxylic acids is 1. The number of aromatic nitrogens is 3. The maximum atomic E-state index is 10.5.